The zero-order chi connectivity index (χ0) is 9.97. The summed E-state index contributed by atoms with van der Waals surface area (Å²) < 4.78 is 0. The molecule has 2 rings (SSSR count). The van der Waals surface area contributed by atoms with Crippen molar-refractivity contribution in [2.75, 3.05) is 6.54 Å². The number of hydrogen-bond acceptors (Lipinski definition) is 3. The molecule has 0 spiro atoms. The SMILES string of the molecule is C=C(Cl)CNCc1nc2c(s1)CCC2. The lowest BCUT2D eigenvalue weighted by Crippen LogP contribution is -2.14. The average Bonchev–Trinajstić information content (AvgIpc) is 2.62. The topological polar surface area (TPSA) is 24.9 Å². The van der Waals surface area contributed by atoms with E-state index in [0.717, 1.165) is 13.0 Å². The van der Waals surface area contributed by atoms with Crippen molar-refractivity contribution in [3.05, 3.63) is 27.2 Å². The molecule has 1 aliphatic carbocycles. The van der Waals surface area contributed by atoms with Gasteiger partial charge in [0.05, 0.1) is 5.69 Å². The first-order valence-electron chi connectivity index (χ1n) is 4.77. The number of nitrogens with one attached hydrogen (secondary N) is 1. The number of halogens is 1. The third-order valence-corrected chi connectivity index (χ3v) is 3.52. The van der Waals surface area contributed by atoms with E-state index < -0.39 is 0 Å². The molecule has 0 radical (unpaired) electrons. The van der Waals surface area contributed by atoms with Crippen molar-refractivity contribution in [1.29, 1.82) is 0 Å². The molecule has 1 heterocycles. The Hall–Kier alpha value is -0.380. The van der Waals surface area contributed by atoms with Gasteiger partial charge in [-0.05, 0) is 19.3 Å². The van der Waals surface area contributed by atoms with Crippen LogP contribution in [0.4, 0.5) is 0 Å². The molecule has 14 heavy (non-hydrogen) atoms. The van der Waals surface area contributed by atoms with Crippen LogP contribution in [0.2, 0.25) is 0 Å². The second-order valence-electron chi connectivity index (χ2n) is 3.45. The highest BCUT2D eigenvalue weighted by molar-refractivity contribution is 7.11. The lowest BCUT2D eigenvalue weighted by molar-refractivity contribution is 0.745. The Morgan fingerprint density at radius 2 is 2.43 bits per heavy atom. The summed E-state index contributed by atoms with van der Waals surface area (Å²) in [5.41, 5.74) is 1.32. The van der Waals surface area contributed by atoms with E-state index in [9.17, 15) is 0 Å². The number of hydrogen-bond donors (Lipinski definition) is 1. The van der Waals surface area contributed by atoms with Crippen molar-refractivity contribution < 1.29 is 0 Å². The van der Waals surface area contributed by atoms with Crippen LogP contribution in [-0.4, -0.2) is 11.5 Å². The molecule has 1 aromatic rings. The summed E-state index contributed by atoms with van der Waals surface area (Å²) in [6.45, 7) is 5.09. The Labute approximate surface area is 93.0 Å². The lowest BCUT2D eigenvalue weighted by Gasteiger charge is -1.99. The quantitative estimate of drug-likeness (QED) is 0.857. The first kappa shape index (κ1) is 10.1. The van der Waals surface area contributed by atoms with Crippen LogP contribution in [-0.2, 0) is 19.4 Å². The van der Waals surface area contributed by atoms with Crippen LogP contribution >= 0.6 is 22.9 Å². The molecular weight excluding hydrogens is 216 g/mol. The van der Waals surface area contributed by atoms with Crippen LogP contribution in [0.25, 0.3) is 0 Å². The summed E-state index contributed by atoms with van der Waals surface area (Å²) >= 11 is 7.47. The van der Waals surface area contributed by atoms with Crippen molar-refractivity contribution in [3.8, 4) is 0 Å². The second-order valence-corrected chi connectivity index (χ2v) is 5.15. The molecule has 0 saturated heterocycles. The number of fused-ring (bicyclic) bond motifs is 1. The average molecular weight is 229 g/mol. The highest BCUT2D eigenvalue weighted by atomic mass is 35.5. The van der Waals surface area contributed by atoms with E-state index in [1.165, 1.54) is 28.4 Å². The predicted octanol–water partition coefficient (Wildman–Crippen LogP) is 2.47. The first-order valence-corrected chi connectivity index (χ1v) is 5.96. The number of thiazole rings is 1. The summed E-state index contributed by atoms with van der Waals surface area (Å²) in [6.07, 6.45) is 3.66. The van der Waals surface area contributed by atoms with Crippen molar-refractivity contribution >= 4 is 22.9 Å². The molecule has 1 N–H and O–H groups in total. The zero-order valence-electron chi connectivity index (χ0n) is 7.98. The number of rotatable bonds is 4. The molecule has 0 fully saturated rings. The molecule has 0 aliphatic heterocycles. The second kappa shape index (κ2) is 4.43. The van der Waals surface area contributed by atoms with Gasteiger partial charge in [0, 0.05) is 23.0 Å². The molecule has 0 atom stereocenters. The van der Waals surface area contributed by atoms with Crippen LogP contribution < -0.4 is 5.32 Å². The van der Waals surface area contributed by atoms with Crippen molar-refractivity contribution in [1.82, 2.24) is 10.3 Å². The minimum Gasteiger partial charge on any atom is -0.305 e. The molecule has 1 aliphatic rings. The zero-order valence-corrected chi connectivity index (χ0v) is 9.55. The van der Waals surface area contributed by atoms with Crippen molar-refractivity contribution in [2.45, 2.75) is 25.8 Å². The van der Waals surface area contributed by atoms with Crippen LogP contribution in [0.1, 0.15) is 22.0 Å². The molecule has 0 unspecified atom stereocenters. The van der Waals surface area contributed by atoms with Gasteiger partial charge in [-0.2, -0.15) is 0 Å². The van der Waals surface area contributed by atoms with Gasteiger partial charge < -0.3 is 5.32 Å². The Kier molecular flexibility index (Phi) is 3.21. The van der Waals surface area contributed by atoms with Gasteiger partial charge in [-0.3, -0.25) is 0 Å². The van der Waals surface area contributed by atoms with E-state index in [2.05, 4.69) is 16.9 Å². The minimum atomic E-state index is 0.647. The van der Waals surface area contributed by atoms with Gasteiger partial charge in [-0.25, -0.2) is 4.98 Å². The summed E-state index contributed by atoms with van der Waals surface area (Å²) in [5, 5.41) is 5.03. The molecule has 4 heteroatoms. The van der Waals surface area contributed by atoms with Gasteiger partial charge in [0.25, 0.3) is 0 Å². The molecule has 76 valence electrons. The molecule has 0 aromatic carbocycles. The van der Waals surface area contributed by atoms with E-state index in [-0.39, 0.29) is 0 Å². The monoisotopic (exact) mass is 228 g/mol. The third-order valence-electron chi connectivity index (χ3n) is 2.23. The maximum absolute atomic E-state index is 5.64. The van der Waals surface area contributed by atoms with Gasteiger partial charge >= 0.3 is 0 Å². The fourth-order valence-corrected chi connectivity index (χ4v) is 2.85. The molecular formula is C10H13ClN2S. The number of aromatic nitrogens is 1. The smallest absolute Gasteiger partial charge is 0.107 e. The number of aryl methyl sites for hydroxylation is 2. The van der Waals surface area contributed by atoms with Crippen LogP contribution in [0, 0.1) is 0 Å². The Balaban J connectivity index is 1.88. The van der Waals surface area contributed by atoms with E-state index >= 15 is 0 Å². The maximum Gasteiger partial charge on any atom is 0.107 e. The van der Waals surface area contributed by atoms with Gasteiger partial charge in [0.1, 0.15) is 5.01 Å². The first-order chi connectivity index (χ1) is 6.75. The highest BCUT2D eigenvalue weighted by Crippen LogP contribution is 2.27. The normalized spacial score (nSPS) is 14.4. The molecule has 1 aromatic heterocycles. The van der Waals surface area contributed by atoms with Crippen LogP contribution in [0.5, 0.6) is 0 Å². The Morgan fingerprint density at radius 1 is 1.57 bits per heavy atom. The predicted molar refractivity (Wildman–Crippen MR) is 60.8 cm³/mol. The maximum atomic E-state index is 5.64. The van der Waals surface area contributed by atoms with Gasteiger partial charge in [0.2, 0.25) is 0 Å². The fraction of sp³-hybridized carbons (Fsp3) is 0.500. The minimum absolute atomic E-state index is 0.647. The molecule has 0 saturated carbocycles. The standard InChI is InChI=1S/C10H13ClN2S/c1-7(11)5-12-6-10-13-8-3-2-4-9(8)14-10/h12H,1-6H2. The summed E-state index contributed by atoms with van der Waals surface area (Å²) in [4.78, 5) is 6.05. The summed E-state index contributed by atoms with van der Waals surface area (Å²) in [5.74, 6) is 0. The van der Waals surface area contributed by atoms with Gasteiger partial charge in [-0.1, -0.05) is 18.2 Å². The van der Waals surface area contributed by atoms with Crippen LogP contribution in [0.3, 0.4) is 0 Å². The highest BCUT2D eigenvalue weighted by Gasteiger charge is 2.15. The Bertz CT molecular complexity index is 324. The van der Waals surface area contributed by atoms with E-state index in [4.69, 9.17) is 11.6 Å². The largest absolute Gasteiger partial charge is 0.305 e. The van der Waals surface area contributed by atoms with Crippen LogP contribution in [0.15, 0.2) is 11.6 Å². The van der Waals surface area contributed by atoms with Crippen molar-refractivity contribution in [3.63, 3.8) is 0 Å². The Morgan fingerprint density at radius 3 is 3.14 bits per heavy atom. The molecule has 0 bridgehead atoms. The van der Waals surface area contributed by atoms with E-state index in [1.807, 2.05) is 11.3 Å². The third kappa shape index (κ3) is 2.35. The number of nitrogens with zero attached hydrogens (tertiary/aromatic N) is 1. The summed E-state index contributed by atoms with van der Waals surface area (Å²) in [7, 11) is 0. The van der Waals surface area contributed by atoms with E-state index in [1.54, 1.807) is 0 Å². The van der Waals surface area contributed by atoms with Crippen molar-refractivity contribution in [2.24, 2.45) is 0 Å². The fourth-order valence-electron chi connectivity index (χ4n) is 1.62. The lowest BCUT2D eigenvalue weighted by atomic mass is 10.4. The van der Waals surface area contributed by atoms with Gasteiger partial charge in [0.15, 0.2) is 0 Å². The van der Waals surface area contributed by atoms with E-state index in [0.29, 0.717) is 11.6 Å². The summed E-state index contributed by atoms with van der Waals surface area (Å²) in [6, 6.07) is 0. The molecule has 0 amide bonds. The van der Waals surface area contributed by atoms with Gasteiger partial charge in [-0.15, -0.1) is 11.3 Å². The molecule has 2 nitrogen and oxygen atoms in total.